The van der Waals surface area contributed by atoms with Gasteiger partial charge in [0.25, 0.3) is 0 Å². The van der Waals surface area contributed by atoms with Crippen LogP contribution in [0, 0.1) is 0 Å². The minimum atomic E-state index is -0.0621. The Bertz CT molecular complexity index is 525. The third-order valence-electron chi connectivity index (χ3n) is 4.68. The van der Waals surface area contributed by atoms with Gasteiger partial charge < -0.3 is 15.5 Å². The summed E-state index contributed by atoms with van der Waals surface area (Å²) in [5.41, 5.74) is 1.09. The maximum Gasteiger partial charge on any atom is 0.230 e. The number of carbonyl (C=O) groups excluding carboxylic acids is 2. The second-order valence-electron chi connectivity index (χ2n) is 6.39. The number of nitrogens with zero attached hydrogens (tertiary/aromatic N) is 1. The van der Waals surface area contributed by atoms with Crippen LogP contribution >= 0.6 is 0 Å². The molecule has 1 aliphatic heterocycles. The zero-order valence-electron chi connectivity index (χ0n) is 14.8. The Balaban J connectivity index is 1.85. The molecule has 0 spiro atoms. The average molecular weight is 331 g/mol. The van der Waals surface area contributed by atoms with Crippen molar-refractivity contribution in [1.82, 2.24) is 15.5 Å². The molecule has 0 radical (unpaired) electrons. The first kappa shape index (κ1) is 18.5. The van der Waals surface area contributed by atoms with Crippen LogP contribution in [0.2, 0.25) is 0 Å². The molecule has 0 aromatic heterocycles. The largest absolute Gasteiger partial charge is 0.353 e. The molecule has 1 aliphatic rings. The quantitative estimate of drug-likeness (QED) is 0.802. The number of piperidine rings is 1. The number of carbonyl (C=O) groups is 2. The Labute approximate surface area is 144 Å². The fourth-order valence-corrected chi connectivity index (χ4v) is 3.24. The molecule has 1 atom stereocenters. The van der Waals surface area contributed by atoms with E-state index < -0.39 is 0 Å². The van der Waals surface area contributed by atoms with E-state index in [1.807, 2.05) is 42.3 Å². The van der Waals surface area contributed by atoms with Gasteiger partial charge in [0.2, 0.25) is 11.8 Å². The monoisotopic (exact) mass is 331 g/mol. The summed E-state index contributed by atoms with van der Waals surface area (Å²) in [6.07, 6.45) is 2.98. The van der Waals surface area contributed by atoms with E-state index in [1.165, 1.54) is 0 Å². The molecule has 0 bridgehead atoms. The Hall–Kier alpha value is -1.88. The van der Waals surface area contributed by atoms with Crippen molar-refractivity contribution in [1.29, 1.82) is 0 Å². The molecule has 1 unspecified atom stereocenters. The fraction of sp³-hybridized carbons (Fsp3) is 0.579. The zero-order valence-corrected chi connectivity index (χ0v) is 14.8. The second kappa shape index (κ2) is 9.42. The van der Waals surface area contributed by atoms with Crippen molar-refractivity contribution in [3.8, 4) is 0 Å². The summed E-state index contributed by atoms with van der Waals surface area (Å²) in [4.78, 5) is 26.6. The third-order valence-corrected chi connectivity index (χ3v) is 4.68. The van der Waals surface area contributed by atoms with Crippen molar-refractivity contribution < 1.29 is 9.59 Å². The van der Waals surface area contributed by atoms with Crippen molar-refractivity contribution in [3.05, 3.63) is 35.9 Å². The first-order valence-electron chi connectivity index (χ1n) is 8.93. The predicted octanol–water partition coefficient (Wildman–Crippen LogP) is 1.90. The third kappa shape index (κ3) is 5.06. The van der Waals surface area contributed by atoms with Crippen LogP contribution in [0.25, 0.3) is 0 Å². The van der Waals surface area contributed by atoms with Crippen LogP contribution in [-0.4, -0.2) is 49.4 Å². The molecular weight excluding hydrogens is 302 g/mol. The highest BCUT2D eigenvalue weighted by molar-refractivity contribution is 5.84. The lowest BCUT2D eigenvalue weighted by atomic mass is 9.93. The fourth-order valence-electron chi connectivity index (χ4n) is 3.24. The van der Waals surface area contributed by atoms with Gasteiger partial charge in [-0.3, -0.25) is 9.59 Å². The van der Waals surface area contributed by atoms with Gasteiger partial charge in [-0.2, -0.15) is 0 Å². The molecule has 1 heterocycles. The number of rotatable bonds is 7. The molecule has 2 amide bonds. The maximum atomic E-state index is 12.8. The number of hydrogen-bond donors (Lipinski definition) is 2. The van der Waals surface area contributed by atoms with E-state index in [9.17, 15) is 9.59 Å². The van der Waals surface area contributed by atoms with Crippen LogP contribution in [0.15, 0.2) is 30.3 Å². The van der Waals surface area contributed by atoms with E-state index in [0.29, 0.717) is 13.0 Å². The van der Waals surface area contributed by atoms with E-state index >= 15 is 0 Å². The Kier molecular flexibility index (Phi) is 7.25. The smallest absolute Gasteiger partial charge is 0.230 e. The standard InChI is InChI=1S/C19H29N3O2/c1-3-17(15-7-5-4-6-8-15)19(24)22-13-10-16(11-14-22)21-18(23)9-12-20-2/h4-8,16-17,20H,3,9-14H2,1-2H3,(H,21,23). The van der Waals surface area contributed by atoms with Gasteiger partial charge in [-0.25, -0.2) is 0 Å². The molecule has 0 saturated carbocycles. The van der Waals surface area contributed by atoms with Crippen molar-refractivity contribution in [2.24, 2.45) is 0 Å². The normalized spacial score (nSPS) is 16.7. The molecule has 5 heteroatoms. The molecular formula is C19H29N3O2. The first-order valence-corrected chi connectivity index (χ1v) is 8.93. The van der Waals surface area contributed by atoms with Gasteiger partial charge >= 0.3 is 0 Å². The van der Waals surface area contributed by atoms with Crippen LogP contribution < -0.4 is 10.6 Å². The average Bonchev–Trinajstić information content (AvgIpc) is 2.62. The van der Waals surface area contributed by atoms with Crippen molar-refractivity contribution in [2.45, 2.75) is 44.6 Å². The molecule has 2 N–H and O–H groups in total. The van der Waals surface area contributed by atoms with E-state index in [-0.39, 0.29) is 23.8 Å². The zero-order chi connectivity index (χ0) is 17.4. The molecule has 1 fully saturated rings. The highest BCUT2D eigenvalue weighted by Gasteiger charge is 2.28. The molecule has 132 valence electrons. The topological polar surface area (TPSA) is 61.4 Å². The van der Waals surface area contributed by atoms with Gasteiger partial charge in [0.05, 0.1) is 5.92 Å². The molecule has 1 saturated heterocycles. The molecule has 5 nitrogen and oxygen atoms in total. The van der Waals surface area contributed by atoms with Gasteiger partial charge in [-0.15, -0.1) is 0 Å². The van der Waals surface area contributed by atoms with Gasteiger partial charge in [0.15, 0.2) is 0 Å². The lowest BCUT2D eigenvalue weighted by Crippen LogP contribution is -2.47. The van der Waals surface area contributed by atoms with Gasteiger partial charge in [0, 0.05) is 32.1 Å². The minimum Gasteiger partial charge on any atom is -0.353 e. The van der Waals surface area contributed by atoms with E-state index in [2.05, 4.69) is 17.6 Å². The summed E-state index contributed by atoms with van der Waals surface area (Å²) in [6.45, 7) is 4.20. The van der Waals surface area contributed by atoms with E-state index in [0.717, 1.165) is 37.9 Å². The number of hydrogen-bond acceptors (Lipinski definition) is 3. The van der Waals surface area contributed by atoms with Crippen LogP contribution in [0.5, 0.6) is 0 Å². The van der Waals surface area contributed by atoms with Gasteiger partial charge in [-0.1, -0.05) is 37.3 Å². The highest BCUT2D eigenvalue weighted by atomic mass is 16.2. The SMILES string of the molecule is CCC(C(=O)N1CCC(NC(=O)CCNC)CC1)c1ccccc1. The molecule has 0 aliphatic carbocycles. The highest BCUT2D eigenvalue weighted by Crippen LogP contribution is 2.24. The first-order chi connectivity index (χ1) is 11.7. The summed E-state index contributed by atoms with van der Waals surface area (Å²) >= 11 is 0. The number of benzene rings is 1. The summed E-state index contributed by atoms with van der Waals surface area (Å²) in [7, 11) is 1.84. The number of nitrogens with one attached hydrogen (secondary N) is 2. The number of amides is 2. The van der Waals surface area contributed by atoms with Crippen LogP contribution in [0.3, 0.4) is 0 Å². The molecule has 1 aromatic carbocycles. The van der Waals surface area contributed by atoms with Crippen LogP contribution in [-0.2, 0) is 9.59 Å². The summed E-state index contributed by atoms with van der Waals surface area (Å²) in [5.74, 6) is 0.237. The van der Waals surface area contributed by atoms with Crippen LogP contribution in [0.1, 0.15) is 44.1 Å². The van der Waals surface area contributed by atoms with Crippen molar-refractivity contribution in [2.75, 3.05) is 26.7 Å². The lowest BCUT2D eigenvalue weighted by molar-refractivity contribution is -0.134. The summed E-state index contributed by atoms with van der Waals surface area (Å²) in [5, 5.41) is 6.05. The summed E-state index contributed by atoms with van der Waals surface area (Å²) < 4.78 is 0. The van der Waals surface area contributed by atoms with Gasteiger partial charge in [-0.05, 0) is 31.9 Å². The van der Waals surface area contributed by atoms with Crippen LogP contribution in [0.4, 0.5) is 0 Å². The lowest BCUT2D eigenvalue weighted by Gasteiger charge is -2.34. The Morgan fingerprint density at radius 2 is 1.88 bits per heavy atom. The second-order valence-corrected chi connectivity index (χ2v) is 6.39. The molecule has 2 rings (SSSR count). The van der Waals surface area contributed by atoms with Crippen molar-refractivity contribution >= 4 is 11.8 Å². The van der Waals surface area contributed by atoms with E-state index in [4.69, 9.17) is 0 Å². The molecule has 24 heavy (non-hydrogen) atoms. The molecule has 1 aromatic rings. The number of likely N-dealkylation sites (tertiary alicyclic amines) is 1. The predicted molar refractivity (Wildman–Crippen MR) is 95.8 cm³/mol. The Morgan fingerprint density at radius 3 is 2.46 bits per heavy atom. The van der Waals surface area contributed by atoms with E-state index in [1.54, 1.807) is 0 Å². The maximum absolute atomic E-state index is 12.8. The minimum absolute atomic E-state index is 0.0621. The van der Waals surface area contributed by atoms with Gasteiger partial charge in [0.1, 0.15) is 0 Å². The summed E-state index contributed by atoms with van der Waals surface area (Å²) in [6, 6.07) is 10.2. The van der Waals surface area contributed by atoms with Crippen molar-refractivity contribution in [3.63, 3.8) is 0 Å². The Morgan fingerprint density at radius 1 is 1.21 bits per heavy atom.